The van der Waals surface area contributed by atoms with Crippen LogP contribution in [-0.4, -0.2) is 33.8 Å². The standard InChI is InChI=1S/C11H21N5O/c1-11(2,5-6-12)10(17)13-7-4-9-15-14-8-16(9)3/h8H,4-7,12H2,1-3H3,(H,13,17). The minimum atomic E-state index is -0.408. The number of hydrogen-bond acceptors (Lipinski definition) is 4. The zero-order valence-electron chi connectivity index (χ0n) is 10.7. The number of nitrogens with zero attached hydrogens (tertiary/aromatic N) is 3. The zero-order chi connectivity index (χ0) is 12.9. The van der Waals surface area contributed by atoms with Crippen molar-refractivity contribution in [1.82, 2.24) is 20.1 Å². The maximum atomic E-state index is 11.9. The predicted molar refractivity (Wildman–Crippen MR) is 65.2 cm³/mol. The topological polar surface area (TPSA) is 85.8 Å². The summed E-state index contributed by atoms with van der Waals surface area (Å²) in [5, 5.41) is 10.6. The van der Waals surface area contributed by atoms with Crippen molar-refractivity contribution in [3.05, 3.63) is 12.2 Å². The minimum absolute atomic E-state index is 0.0325. The van der Waals surface area contributed by atoms with Crippen LogP contribution in [0.4, 0.5) is 0 Å². The van der Waals surface area contributed by atoms with Crippen LogP contribution in [0.3, 0.4) is 0 Å². The highest BCUT2D eigenvalue weighted by molar-refractivity contribution is 5.81. The molecule has 0 aliphatic heterocycles. The van der Waals surface area contributed by atoms with Crippen molar-refractivity contribution in [3.63, 3.8) is 0 Å². The molecule has 3 N–H and O–H groups in total. The molecule has 0 aliphatic carbocycles. The van der Waals surface area contributed by atoms with E-state index in [-0.39, 0.29) is 5.91 Å². The van der Waals surface area contributed by atoms with Crippen LogP contribution in [0.15, 0.2) is 6.33 Å². The molecule has 1 aromatic rings. The van der Waals surface area contributed by atoms with E-state index >= 15 is 0 Å². The average molecular weight is 239 g/mol. The van der Waals surface area contributed by atoms with Crippen molar-refractivity contribution in [2.45, 2.75) is 26.7 Å². The SMILES string of the molecule is Cn1cnnc1CCNC(=O)C(C)(C)CCN. The Kier molecular flexibility index (Phi) is 4.62. The lowest BCUT2D eigenvalue weighted by molar-refractivity contribution is -0.129. The summed E-state index contributed by atoms with van der Waals surface area (Å²) in [5.74, 6) is 0.895. The van der Waals surface area contributed by atoms with Gasteiger partial charge >= 0.3 is 0 Å². The molecule has 0 radical (unpaired) electrons. The van der Waals surface area contributed by atoms with E-state index in [4.69, 9.17) is 5.73 Å². The van der Waals surface area contributed by atoms with Gasteiger partial charge in [0, 0.05) is 25.4 Å². The molecule has 96 valence electrons. The molecule has 1 amide bonds. The molecule has 0 bridgehead atoms. The van der Waals surface area contributed by atoms with Crippen LogP contribution in [0.25, 0.3) is 0 Å². The largest absolute Gasteiger partial charge is 0.355 e. The Morgan fingerprint density at radius 3 is 2.82 bits per heavy atom. The quantitative estimate of drug-likeness (QED) is 0.723. The molecule has 17 heavy (non-hydrogen) atoms. The van der Waals surface area contributed by atoms with Crippen LogP contribution in [0, 0.1) is 5.41 Å². The molecular formula is C11H21N5O. The normalized spacial score (nSPS) is 11.5. The van der Waals surface area contributed by atoms with Crippen LogP contribution in [0.2, 0.25) is 0 Å². The van der Waals surface area contributed by atoms with Gasteiger partial charge in [-0.05, 0) is 13.0 Å². The Morgan fingerprint density at radius 2 is 2.29 bits per heavy atom. The summed E-state index contributed by atoms with van der Waals surface area (Å²) in [4.78, 5) is 11.9. The summed E-state index contributed by atoms with van der Waals surface area (Å²) in [6.07, 6.45) is 3.01. The molecule has 0 aromatic carbocycles. The summed E-state index contributed by atoms with van der Waals surface area (Å²) >= 11 is 0. The van der Waals surface area contributed by atoms with Gasteiger partial charge in [-0.15, -0.1) is 10.2 Å². The second-order valence-corrected chi connectivity index (χ2v) is 4.79. The van der Waals surface area contributed by atoms with E-state index in [2.05, 4.69) is 15.5 Å². The smallest absolute Gasteiger partial charge is 0.225 e. The van der Waals surface area contributed by atoms with Crippen molar-refractivity contribution in [2.24, 2.45) is 18.2 Å². The lowest BCUT2D eigenvalue weighted by atomic mass is 9.88. The maximum Gasteiger partial charge on any atom is 0.225 e. The van der Waals surface area contributed by atoms with Crippen molar-refractivity contribution in [1.29, 1.82) is 0 Å². The highest BCUT2D eigenvalue weighted by atomic mass is 16.2. The third-order valence-electron chi connectivity index (χ3n) is 2.82. The summed E-state index contributed by atoms with van der Waals surface area (Å²) in [7, 11) is 1.88. The monoisotopic (exact) mass is 239 g/mol. The second kappa shape index (κ2) is 5.77. The maximum absolute atomic E-state index is 11.9. The van der Waals surface area contributed by atoms with Gasteiger partial charge in [-0.1, -0.05) is 13.8 Å². The number of aromatic nitrogens is 3. The summed E-state index contributed by atoms with van der Waals surface area (Å²) in [6, 6.07) is 0. The molecule has 1 aromatic heterocycles. The highest BCUT2D eigenvalue weighted by Crippen LogP contribution is 2.18. The number of aryl methyl sites for hydroxylation is 1. The lowest BCUT2D eigenvalue weighted by Gasteiger charge is -2.22. The first kappa shape index (κ1) is 13.6. The average Bonchev–Trinajstić information content (AvgIpc) is 2.64. The molecule has 0 spiro atoms. The Balaban J connectivity index is 2.36. The van der Waals surface area contributed by atoms with E-state index in [1.54, 1.807) is 6.33 Å². The fourth-order valence-electron chi connectivity index (χ4n) is 1.53. The second-order valence-electron chi connectivity index (χ2n) is 4.79. The van der Waals surface area contributed by atoms with Gasteiger partial charge in [0.25, 0.3) is 0 Å². The fourth-order valence-corrected chi connectivity index (χ4v) is 1.53. The first-order valence-corrected chi connectivity index (χ1v) is 5.78. The number of nitrogens with one attached hydrogen (secondary N) is 1. The van der Waals surface area contributed by atoms with Crippen LogP contribution in [0.1, 0.15) is 26.1 Å². The third kappa shape index (κ3) is 3.81. The van der Waals surface area contributed by atoms with Crippen LogP contribution in [0.5, 0.6) is 0 Å². The number of rotatable bonds is 6. The molecule has 1 heterocycles. The molecule has 0 unspecified atom stereocenters. The minimum Gasteiger partial charge on any atom is -0.355 e. The van der Waals surface area contributed by atoms with E-state index in [1.807, 2.05) is 25.5 Å². The van der Waals surface area contributed by atoms with E-state index in [0.29, 0.717) is 25.9 Å². The van der Waals surface area contributed by atoms with Gasteiger partial charge in [0.1, 0.15) is 12.2 Å². The Bertz CT molecular complexity index is 372. The van der Waals surface area contributed by atoms with Gasteiger partial charge in [0.2, 0.25) is 5.91 Å². The van der Waals surface area contributed by atoms with E-state index in [9.17, 15) is 4.79 Å². The molecule has 0 aliphatic rings. The summed E-state index contributed by atoms with van der Waals surface area (Å²) < 4.78 is 1.84. The molecule has 0 saturated heterocycles. The van der Waals surface area contributed by atoms with Crippen LogP contribution < -0.4 is 11.1 Å². The molecule has 0 saturated carbocycles. The third-order valence-corrected chi connectivity index (χ3v) is 2.82. The first-order valence-electron chi connectivity index (χ1n) is 5.78. The van der Waals surface area contributed by atoms with E-state index in [0.717, 1.165) is 5.82 Å². The van der Waals surface area contributed by atoms with Crippen LogP contribution in [-0.2, 0) is 18.3 Å². The Labute approximate surface area is 102 Å². The number of amides is 1. The van der Waals surface area contributed by atoms with Crippen molar-refractivity contribution in [3.8, 4) is 0 Å². The van der Waals surface area contributed by atoms with E-state index in [1.165, 1.54) is 0 Å². The Morgan fingerprint density at radius 1 is 1.59 bits per heavy atom. The van der Waals surface area contributed by atoms with Crippen molar-refractivity contribution >= 4 is 5.91 Å². The lowest BCUT2D eigenvalue weighted by Crippen LogP contribution is -2.39. The number of carbonyl (C=O) groups is 1. The molecule has 0 atom stereocenters. The van der Waals surface area contributed by atoms with Gasteiger partial charge in [-0.3, -0.25) is 4.79 Å². The van der Waals surface area contributed by atoms with Crippen molar-refractivity contribution < 1.29 is 4.79 Å². The predicted octanol–water partition coefficient (Wildman–Crippen LogP) is -0.151. The van der Waals surface area contributed by atoms with Gasteiger partial charge in [-0.2, -0.15) is 0 Å². The molecule has 6 nitrogen and oxygen atoms in total. The molecular weight excluding hydrogens is 218 g/mol. The van der Waals surface area contributed by atoms with Gasteiger partial charge in [-0.25, -0.2) is 0 Å². The number of hydrogen-bond donors (Lipinski definition) is 2. The van der Waals surface area contributed by atoms with Gasteiger partial charge in [0.15, 0.2) is 0 Å². The van der Waals surface area contributed by atoms with Gasteiger partial charge < -0.3 is 15.6 Å². The summed E-state index contributed by atoms with van der Waals surface area (Å²) in [6.45, 7) is 4.89. The molecule has 1 rings (SSSR count). The summed E-state index contributed by atoms with van der Waals surface area (Å²) in [5.41, 5.74) is 5.07. The van der Waals surface area contributed by atoms with Gasteiger partial charge in [0.05, 0.1) is 0 Å². The number of carbonyl (C=O) groups excluding carboxylic acids is 1. The first-order chi connectivity index (χ1) is 7.97. The molecule has 6 heteroatoms. The van der Waals surface area contributed by atoms with Crippen LogP contribution >= 0.6 is 0 Å². The number of nitrogens with two attached hydrogens (primary N) is 1. The Hall–Kier alpha value is -1.43. The zero-order valence-corrected chi connectivity index (χ0v) is 10.7. The fraction of sp³-hybridized carbons (Fsp3) is 0.727. The molecule has 0 fully saturated rings. The van der Waals surface area contributed by atoms with Crippen molar-refractivity contribution in [2.75, 3.05) is 13.1 Å². The highest BCUT2D eigenvalue weighted by Gasteiger charge is 2.26. The van der Waals surface area contributed by atoms with E-state index < -0.39 is 5.41 Å².